The normalized spacial score (nSPS) is 12.1. The predicted octanol–water partition coefficient (Wildman–Crippen LogP) is 4.06. The summed E-state index contributed by atoms with van der Waals surface area (Å²) in [6.45, 7) is 4.06. The highest BCUT2D eigenvalue weighted by atomic mass is 32.2. The number of amides is 1. The van der Waals surface area contributed by atoms with Gasteiger partial charge in [-0.2, -0.15) is 0 Å². The van der Waals surface area contributed by atoms with Gasteiger partial charge in [0.05, 0.1) is 23.8 Å². The van der Waals surface area contributed by atoms with Crippen LogP contribution < -0.4 is 20.1 Å². The van der Waals surface area contributed by atoms with Gasteiger partial charge >= 0.3 is 0 Å². The number of sulfonamides is 1. The fourth-order valence-corrected chi connectivity index (χ4v) is 3.92. The van der Waals surface area contributed by atoms with E-state index in [9.17, 15) is 13.2 Å². The lowest BCUT2D eigenvalue weighted by molar-refractivity contribution is 0.0977. The Morgan fingerprint density at radius 1 is 1.09 bits per heavy atom. The second-order valence-corrected chi connectivity index (χ2v) is 9.37. The first kappa shape index (κ1) is 24.4. The van der Waals surface area contributed by atoms with E-state index in [1.54, 1.807) is 48.5 Å². The van der Waals surface area contributed by atoms with Crippen molar-refractivity contribution in [2.45, 2.75) is 37.8 Å². The Balaban J connectivity index is 1.53. The first-order valence-corrected chi connectivity index (χ1v) is 12.2. The van der Waals surface area contributed by atoms with Gasteiger partial charge < -0.3 is 14.5 Å². The Labute approximate surface area is 198 Å². The number of carbonyl (C=O) groups excluding carboxylic acids is 1. The van der Waals surface area contributed by atoms with Gasteiger partial charge in [0, 0.05) is 11.3 Å². The van der Waals surface area contributed by atoms with Gasteiger partial charge in [-0.25, -0.2) is 13.1 Å². The molecule has 1 unspecified atom stereocenters. The van der Waals surface area contributed by atoms with Crippen LogP contribution in [0.1, 0.15) is 36.4 Å². The summed E-state index contributed by atoms with van der Waals surface area (Å²) < 4.78 is 38.1. The summed E-state index contributed by atoms with van der Waals surface area (Å²) in [4.78, 5) is 12.5. The van der Waals surface area contributed by atoms with Crippen molar-refractivity contribution in [2.24, 2.45) is 0 Å². The molecule has 1 amide bonds. The van der Waals surface area contributed by atoms with Crippen LogP contribution >= 0.6 is 12.2 Å². The quantitative estimate of drug-likeness (QED) is 0.391. The first-order valence-electron chi connectivity index (χ1n) is 10.3. The number of rotatable bonds is 9. The molecule has 10 heteroatoms. The molecule has 174 valence electrons. The number of furan rings is 1. The maximum atomic E-state index is 12.4. The smallest absolute Gasteiger partial charge is 0.257 e. The summed E-state index contributed by atoms with van der Waals surface area (Å²) in [7, 11) is -3.70. The van der Waals surface area contributed by atoms with Crippen LogP contribution in [0.2, 0.25) is 0 Å². The first-order chi connectivity index (χ1) is 15.8. The van der Waals surface area contributed by atoms with E-state index >= 15 is 0 Å². The van der Waals surface area contributed by atoms with Gasteiger partial charge in [0.2, 0.25) is 10.0 Å². The Morgan fingerprint density at radius 2 is 1.79 bits per heavy atom. The van der Waals surface area contributed by atoms with E-state index in [4.69, 9.17) is 21.4 Å². The van der Waals surface area contributed by atoms with Crippen LogP contribution in [0.4, 0.5) is 5.69 Å². The molecule has 1 heterocycles. The molecule has 2 aromatic carbocycles. The van der Waals surface area contributed by atoms with Crippen LogP contribution in [0.5, 0.6) is 5.75 Å². The molecule has 0 aliphatic rings. The van der Waals surface area contributed by atoms with E-state index in [2.05, 4.69) is 15.4 Å². The third-order valence-corrected chi connectivity index (χ3v) is 6.32. The maximum absolute atomic E-state index is 12.4. The van der Waals surface area contributed by atoms with Gasteiger partial charge in [0.25, 0.3) is 5.91 Å². The van der Waals surface area contributed by atoms with Crippen molar-refractivity contribution >= 4 is 38.9 Å². The highest BCUT2D eigenvalue weighted by molar-refractivity contribution is 7.89. The molecule has 8 nitrogen and oxygen atoms in total. The minimum atomic E-state index is -3.70. The van der Waals surface area contributed by atoms with Crippen molar-refractivity contribution < 1.29 is 22.4 Å². The lowest BCUT2D eigenvalue weighted by atomic mass is 10.2. The van der Waals surface area contributed by atoms with E-state index in [0.717, 1.165) is 6.42 Å². The summed E-state index contributed by atoms with van der Waals surface area (Å²) in [6.07, 6.45) is 2.45. The van der Waals surface area contributed by atoms with Crippen LogP contribution in [-0.4, -0.2) is 25.5 Å². The molecule has 3 N–H and O–H groups in total. The Hall–Kier alpha value is -3.21. The highest BCUT2D eigenvalue weighted by Gasteiger charge is 2.15. The third kappa shape index (κ3) is 7.14. The Morgan fingerprint density at radius 3 is 2.39 bits per heavy atom. The van der Waals surface area contributed by atoms with Crippen molar-refractivity contribution in [3.05, 3.63) is 78.3 Å². The molecule has 0 saturated carbocycles. The molecule has 0 radical (unpaired) electrons. The number of hydrogen-bond acceptors (Lipinski definition) is 6. The number of ether oxygens (including phenoxy) is 1. The van der Waals surface area contributed by atoms with Crippen molar-refractivity contribution in [1.29, 1.82) is 0 Å². The summed E-state index contributed by atoms with van der Waals surface area (Å²) in [5.41, 5.74) is 0.960. The molecule has 0 saturated heterocycles. The minimum absolute atomic E-state index is 0.0518. The predicted molar refractivity (Wildman–Crippen MR) is 130 cm³/mol. The molecule has 0 aliphatic heterocycles. The monoisotopic (exact) mass is 487 g/mol. The van der Waals surface area contributed by atoms with Crippen LogP contribution in [-0.2, 0) is 16.6 Å². The fraction of sp³-hybridized carbons (Fsp3) is 0.217. The molecular formula is C23H25N3O5S2. The Kier molecular flexibility index (Phi) is 8.21. The molecule has 0 aliphatic carbocycles. The van der Waals surface area contributed by atoms with Crippen LogP contribution in [0.3, 0.4) is 0 Å². The molecule has 1 aromatic heterocycles. The standard InChI is InChI=1S/C23H25N3O5S2/c1-3-16(2)31-19-10-6-17(7-11-19)22(27)26-23(32)25-18-8-12-21(13-9-18)33(28,29)24-15-20-5-4-14-30-20/h4-14,16,24H,3,15H2,1-2H3,(H2,25,26,27,32). The zero-order valence-corrected chi connectivity index (χ0v) is 19.8. The number of benzene rings is 2. The fourth-order valence-electron chi connectivity index (χ4n) is 2.72. The molecule has 0 fully saturated rings. The van der Waals surface area contributed by atoms with E-state index in [1.807, 2.05) is 13.8 Å². The second-order valence-electron chi connectivity index (χ2n) is 7.20. The highest BCUT2D eigenvalue weighted by Crippen LogP contribution is 2.16. The zero-order valence-electron chi connectivity index (χ0n) is 18.2. The number of hydrogen-bond donors (Lipinski definition) is 3. The van der Waals surface area contributed by atoms with Gasteiger partial charge in [0.15, 0.2) is 5.11 Å². The number of anilines is 1. The van der Waals surface area contributed by atoms with Gasteiger partial charge in [-0.3, -0.25) is 10.1 Å². The molecule has 1 atom stereocenters. The minimum Gasteiger partial charge on any atom is -0.491 e. The summed E-state index contributed by atoms with van der Waals surface area (Å²) in [5, 5.41) is 5.55. The molecule has 3 rings (SSSR count). The van der Waals surface area contributed by atoms with Crippen LogP contribution in [0.25, 0.3) is 0 Å². The number of thiocarbonyl (C=S) groups is 1. The van der Waals surface area contributed by atoms with E-state index < -0.39 is 10.0 Å². The van der Waals surface area contributed by atoms with Crippen molar-refractivity contribution in [3.8, 4) is 5.75 Å². The van der Waals surface area contributed by atoms with Gasteiger partial charge in [-0.1, -0.05) is 6.92 Å². The lowest BCUT2D eigenvalue weighted by Gasteiger charge is -2.13. The topological polar surface area (TPSA) is 110 Å². The van der Waals surface area contributed by atoms with Crippen molar-refractivity contribution in [1.82, 2.24) is 10.0 Å². The summed E-state index contributed by atoms with van der Waals surface area (Å²) >= 11 is 5.20. The average Bonchev–Trinajstić information content (AvgIpc) is 3.32. The zero-order chi connectivity index (χ0) is 23.8. The maximum Gasteiger partial charge on any atom is 0.257 e. The lowest BCUT2D eigenvalue weighted by Crippen LogP contribution is -2.34. The van der Waals surface area contributed by atoms with Crippen LogP contribution in [0.15, 0.2) is 76.2 Å². The Bertz CT molecular complexity index is 1180. The van der Waals surface area contributed by atoms with E-state index in [-0.39, 0.29) is 28.6 Å². The van der Waals surface area contributed by atoms with E-state index in [1.165, 1.54) is 18.4 Å². The molecule has 3 aromatic rings. The average molecular weight is 488 g/mol. The van der Waals surface area contributed by atoms with Gasteiger partial charge in [-0.05, 0) is 86.2 Å². The number of nitrogens with one attached hydrogen (secondary N) is 3. The summed E-state index contributed by atoms with van der Waals surface area (Å²) in [6, 6.07) is 16.1. The third-order valence-electron chi connectivity index (χ3n) is 4.69. The second kappa shape index (κ2) is 11.1. The SMILES string of the molecule is CCC(C)Oc1ccc(C(=O)NC(=S)Nc2ccc(S(=O)(=O)NCc3ccco3)cc2)cc1. The molecular weight excluding hydrogens is 462 g/mol. The molecule has 0 bridgehead atoms. The summed E-state index contributed by atoms with van der Waals surface area (Å²) in [5.74, 6) is 0.829. The van der Waals surface area contributed by atoms with Crippen molar-refractivity contribution in [3.63, 3.8) is 0 Å². The molecule has 0 spiro atoms. The van der Waals surface area contributed by atoms with E-state index in [0.29, 0.717) is 22.8 Å². The largest absolute Gasteiger partial charge is 0.491 e. The molecule has 33 heavy (non-hydrogen) atoms. The van der Waals surface area contributed by atoms with Crippen molar-refractivity contribution in [2.75, 3.05) is 5.32 Å². The number of carbonyl (C=O) groups is 1. The van der Waals surface area contributed by atoms with Gasteiger partial charge in [-0.15, -0.1) is 0 Å². The van der Waals surface area contributed by atoms with Gasteiger partial charge in [0.1, 0.15) is 11.5 Å². The van der Waals surface area contributed by atoms with Crippen LogP contribution in [0, 0.1) is 0 Å².